The maximum atomic E-state index is 12.6. The van der Waals surface area contributed by atoms with Gasteiger partial charge in [0.25, 0.3) is 0 Å². The van der Waals surface area contributed by atoms with Crippen molar-refractivity contribution in [3.05, 3.63) is 11.6 Å². The van der Waals surface area contributed by atoms with E-state index in [0.29, 0.717) is 12.8 Å². The third kappa shape index (κ3) is 2.13. The smallest absolute Gasteiger partial charge is 0.287 e. The largest absolute Gasteiger partial charge is 0.368 e. The summed E-state index contributed by atoms with van der Waals surface area (Å²) in [6.45, 7) is 0. The summed E-state index contributed by atoms with van der Waals surface area (Å²) in [4.78, 5) is 11.0. The zero-order valence-corrected chi connectivity index (χ0v) is 7.40. The zero-order chi connectivity index (χ0) is 10.8. The van der Waals surface area contributed by atoms with Gasteiger partial charge < -0.3 is 0 Å². The summed E-state index contributed by atoms with van der Waals surface area (Å²) in [5.74, 6) is -6.24. The summed E-state index contributed by atoms with van der Waals surface area (Å²) in [6.07, 6.45) is -0.463. The highest BCUT2D eigenvalue weighted by Crippen LogP contribution is 2.30. The van der Waals surface area contributed by atoms with Gasteiger partial charge in [0, 0.05) is 0 Å². The number of hydrogen-bond donors (Lipinski definition) is 0. The van der Waals surface area contributed by atoms with Crippen molar-refractivity contribution >= 4 is 5.78 Å². The Labute approximate surface area is 78.8 Å². The Morgan fingerprint density at radius 2 is 2.00 bits per heavy atom. The maximum absolute atomic E-state index is 12.6. The molecule has 0 aromatic rings. The van der Waals surface area contributed by atoms with Crippen LogP contribution in [0.5, 0.6) is 0 Å². The Morgan fingerprint density at radius 3 is 2.43 bits per heavy atom. The first-order valence-corrected chi connectivity index (χ1v) is 4.36. The number of halogens is 4. The first-order valence-electron chi connectivity index (χ1n) is 4.36. The second-order valence-corrected chi connectivity index (χ2v) is 3.23. The minimum atomic E-state index is -4.52. The van der Waals surface area contributed by atoms with E-state index in [1.165, 1.54) is 6.08 Å². The lowest BCUT2D eigenvalue weighted by molar-refractivity contribution is -0.163. The normalized spacial score (nSPS) is 18.2. The van der Waals surface area contributed by atoms with E-state index < -0.39 is 18.1 Å². The highest BCUT2D eigenvalue weighted by molar-refractivity contribution is 6.01. The molecule has 80 valence electrons. The average molecular weight is 210 g/mol. The molecule has 0 bridgehead atoms. The summed E-state index contributed by atoms with van der Waals surface area (Å²) in [7, 11) is 0. The van der Waals surface area contributed by atoms with Crippen LogP contribution in [0.2, 0.25) is 0 Å². The fourth-order valence-corrected chi connectivity index (χ4v) is 1.36. The van der Waals surface area contributed by atoms with Crippen molar-refractivity contribution in [3.8, 4) is 0 Å². The Bertz CT molecular complexity index is 258. The fraction of sp³-hybridized carbons (Fsp3) is 0.667. The van der Waals surface area contributed by atoms with Crippen LogP contribution in [0.15, 0.2) is 11.6 Å². The lowest BCUT2D eigenvalue weighted by Crippen LogP contribution is -2.37. The molecule has 0 N–H and O–H groups in total. The summed E-state index contributed by atoms with van der Waals surface area (Å²) in [5, 5.41) is 0. The minimum absolute atomic E-state index is 0.151. The monoisotopic (exact) mass is 210 g/mol. The average Bonchev–Trinajstić information content (AvgIpc) is 2.17. The molecule has 0 aromatic carbocycles. The van der Waals surface area contributed by atoms with E-state index >= 15 is 0 Å². The van der Waals surface area contributed by atoms with E-state index in [0.717, 1.165) is 6.42 Å². The lowest BCUT2D eigenvalue weighted by atomic mass is 9.94. The molecular weight excluding hydrogens is 200 g/mol. The molecule has 1 aliphatic carbocycles. The molecule has 1 nitrogen and oxygen atoms in total. The minimum Gasteiger partial charge on any atom is -0.287 e. The number of hydrogen-bond acceptors (Lipinski definition) is 1. The molecule has 0 spiro atoms. The predicted octanol–water partition coefficient (Wildman–Crippen LogP) is 2.96. The van der Waals surface area contributed by atoms with Gasteiger partial charge in [0.2, 0.25) is 5.78 Å². The van der Waals surface area contributed by atoms with E-state index in [1.54, 1.807) is 0 Å². The van der Waals surface area contributed by atoms with Crippen LogP contribution in [0.1, 0.15) is 25.7 Å². The first-order chi connectivity index (χ1) is 6.46. The molecule has 0 amide bonds. The van der Waals surface area contributed by atoms with Gasteiger partial charge in [-0.3, -0.25) is 4.79 Å². The highest BCUT2D eigenvalue weighted by atomic mass is 19.3. The first kappa shape index (κ1) is 11.2. The molecule has 0 aliphatic heterocycles. The van der Waals surface area contributed by atoms with Gasteiger partial charge in [-0.15, -0.1) is 0 Å². The van der Waals surface area contributed by atoms with Crippen molar-refractivity contribution in [3.63, 3.8) is 0 Å². The van der Waals surface area contributed by atoms with Crippen molar-refractivity contribution in [1.29, 1.82) is 0 Å². The Kier molecular flexibility index (Phi) is 3.29. The second kappa shape index (κ2) is 4.11. The number of alkyl halides is 4. The van der Waals surface area contributed by atoms with E-state index in [-0.39, 0.29) is 12.0 Å². The van der Waals surface area contributed by atoms with Gasteiger partial charge in [-0.05, 0) is 31.3 Å². The van der Waals surface area contributed by atoms with Gasteiger partial charge in [-0.25, -0.2) is 8.78 Å². The molecule has 0 fully saturated rings. The number of rotatable bonds is 3. The number of Topliss-reactive ketones (excluding diaryl/α,β-unsaturated/α-hetero) is 1. The molecule has 0 unspecified atom stereocenters. The Morgan fingerprint density at radius 1 is 1.36 bits per heavy atom. The van der Waals surface area contributed by atoms with Gasteiger partial charge in [0.15, 0.2) is 0 Å². The van der Waals surface area contributed by atoms with E-state index in [2.05, 4.69) is 0 Å². The fourth-order valence-electron chi connectivity index (χ4n) is 1.36. The third-order valence-electron chi connectivity index (χ3n) is 2.16. The van der Waals surface area contributed by atoms with E-state index in [4.69, 9.17) is 0 Å². The predicted molar refractivity (Wildman–Crippen MR) is 42.5 cm³/mol. The van der Waals surface area contributed by atoms with Gasteiger partial charge in [0.05, 0.1) is 0 Å². The standard InChI is InChI=1S/C9H10F4O/c10-8(11)9(12,13)7(14)6-4-2-1-3-5-6/h4,8H,1-3,5H2. The third-order valence-corrected chi connectivity index (χ3v) is 2.16. The van der Waals surface area contributed by atoms with Crippen molar-refractivity contribution in [2.75, 3.05) is 0 Å². The topological polar surface area (TPSA) is 17.1 Å². The second-order valence-electron chi connectivity index (χ2n) is 3.23. The van der Waals surface area contributed by atoms with E-state index in [9.17, 15) is 22.4 Å². The number of allylic oxidation sites excluding steroid dienone is 2. The van der Waals surface area contributed by atoms with Gasteiger partial charge in [-0.1, -0.05) is 6.08 Å². The molecule has 0 saturated carbocycles. The highest BCUT2D eigenvalue weighted by Gasteiger charge is 2.49. The van der Waals surface area contributed by atoms with Crippen LogP contribution in [0, 0.1) is 0 Å². The van der Waals surface area contributed by atoms with E-state index in [1.807, 2.05) is 0 Å². The van der Waals surface area contributed by atoms with Crippen LogP contribution >= 0.6 is 0 Å². The van der Waals surface area contributed by atoms with Crippen LogP contribution in [-0.4, -0.2) is 18.1 Å². The van der Waals surface area contributed by atoms with Crippen molar-refractivity contribution in [2.24, 2.45) is 0 Å². The lowest BCUT2D eigenvalue weighted by Gasteiger charge is -2.17. The number of carbonyl (C=O) groups excluding carboxylic acids is 1. The molecule has 1 aliphatic rings. The molecule has 14 heavy (non-hydrogen) atoms. The Hall–Kier alpha value is -0.870. The van der Waals surface area contributed by atoms with Crippen LogP contribution in [-0.2, 0) is 4.79 Å². The van der Waals surface area contributed by atoms with Crippen LogP contribution in [0.3, 0.4) is 0 Å². The van der Waals surface area contributed by atoms with Crippen molar-refractivity contribution in [2.45, 2.75) is 38.0 Å². The summed E-state index contributed by atoms with van der Waals surface area (Å²) in [5.41, 5.74) is -0.151. The van der Waals surface area contributed by atoms with Gasteiger partial charge >= 0.3 is 12.3 Å². The summed E-state index contributed by atoms with van der Waals surface area (Å²) >= 11 is 0. The maximum Gasteiger partial charge on any atom is 0.368 e. The van der Waals surface area contributed by atoms with Crippen molar-refractivity contribution in [1.82, 2.24) is 0 Å². The summed E-state index contributed by atoms with van der Waals surface area (Å²) < 4.78 is 48.8. The molecular formula is C9H10F4O. The molecule has 0 aromatic heterocycles. The Balaban J connectivity index is 2.78. The molecule has 5 heteroatoms. The number of ketones is 1. The quantitative estimate of drug-likeness (QED) is 0.654. The van der Waals surface area contributed by atoms with Crippen LogP contribution in [0.4, 0.5) is 17.6 Å². The molecule has 0 saturated heterocycles. The van der Waals surface area contributed by atoms with Gasteiger partial charge in [0.1, 0.15) is 0 Å². The van der Waals surface area contributed by atoms with Crippen molar-refractivity contribution < 1.29 is 22.4 Å². The van der Waals surface area contributed by atoms with Crippen LogP contribution < -0.4 is 0 Å². The molecule has 1 rings (SSSR count). The molecule has 0 atom stereocenters. The zero-order valence-electron chi connectivity index (χ0n) is 7.40. The van der Waals surface area contributed by atoms with Gasteiger partial charge in [-0.2, -0.15) is 8.78 Å². The summed E-state index contributed by atoms with van der Waals surface area (Å²) in [6, 6.07) is 0. The molecule has 0 radical (unpaired) electrons. The molecule has 0 heterocycles. The SMILES string of the molecule is O=C(C1=CCCCC1)C(F)(F)C(F)F. The number of carbonyl (C=O) groups is 1. The van der Waals surface area contributed by atoms with Crippen LogP contribution in [0.25, 0.3) is 0 Å².